The number of aliphatic imine (C=N–C) groups is 1. The fourth-order valence-corrected chi connectivity index (χ4v) is 1.98. The molecule has 0 amide bonds. The molecule has 1 fully saturated rings. The number of ketones is 1. The fraction of sp³-hybridized carbons (Fsp3) is 0.800. The van der Waals surface area contributed by atoms with Crippen LogP contribution in [0.15, 0.2) is 4.99 Å². The number of rotatable bonds is 5. The molecule has 0 radical (unpaired) electrons. The molecule has 0 aromatic rings. The average Bonchev–Trinajstić information content (AvgIpc) is 2.13. The zero-order chi connectivity index (χ0) is 11.4. The maximum absolute atomic E-state index is 11.2. The summed E-state index contributed by atoms with van der Waals surface area (Å²) >= 11 is 0. The Morgan fingerprint density at radius 1 is 1.53 bits per heavy atom. The van der Waals surface area contributed by atoms with Gasteiger partial charge in [0.1, 0.15) is 5.78 Å². The Labute approximate surface area is 90.3 Å². The van der Waals surface area contributed by atoms with Crippen LogP contribution in [0, 0.1) is 5.92 Å². The largest absolute Gasteiger partial charge is 0.370 e. The van der Waals surface area contributed by atoms with Crippen molar-refractivity contribution in [1.82, 2.24) is 5.32 Å². The second-order valence-electron chi connectivity index (χ2n) is 4.15. The summed E-state index contributed by atoms with van der Waals surface area (Å²) in [5.41, 5.74) is 10.7. The Morgan fingerprint density at radius 2 is 2.20 bits per heavy atom. The second-order valence-corrected chi connectivity index (χ2v) is 4.15. The van der Waals surface area contributed by atoms with Crippen LogP contribution in [-0.4, -0.2) is 30.9 Å². The van der Waals surface area contributed by atoms with Crippen molar-refractivity contribution in [2.45, 2.75) is 38.3 Å². The van der Waals surface area contributed by atoms with Gasteiger partial charge in [0.2, 0.25) is 0 Å². The molecule has 0 aromatic heterocycles. The van der Waals surface area contributed by atoms with Crippen LogP contribution in [0.3, 0.4) is 0 Å². The van der Waals surface area contributed by atoms with Crippen molar-refractivity contribution in [3.63, 3.8) is 0 Å². The van der Waals surface area contributed by atoms with Crippen molar-refractivity contribution >= 4 is 11.7 Å². The van der Waals surface area contributed by atoms with E-state index >= 15 is 0 Å². The predicted octanol–water partition coefficient (Wildman–Crippen LogP) is -0.394. The Hall–Kier alpha value is -1.10. The van der Waals surface area contributed by atoms with Gasteiger partial charge in [-0.15, -0.1) is 0 Å². The number of hydrogen-bond acceptors (Lipinski definition) is 3. The van der Waals surface area contributed by atoms with Gasteiger partial charge in [-0.1, -0.05) is 0 Å². The fourth-order valence-electron chi connectivity index (χ4n) is 1.98. The molecule has 5 nitrogen and oxygen atoms in total. The molecular formula is C10H20N4O. The van der Waals surface area contributed by atoms with Gasteiger partial charge >= 0.3 is 0 Å². The van der Waals surface area contributed by atoms with Crippen LogP contribution in [-0.2, 0) is 4.79 Å². The van der Waals surface area contributed by atoms with E-state index in [2.05, 4.69) is 10.3 Å². The molecule has 3 atom stereocenters. The van der Waals surface area contributed by atoms with Crippen molar-refractivity contribution in [1.29, 1.82) is 0 Å². The van der Waals surface area contributed by atoms with Crippen LogP contribution in [0.1, 0.15) is 26.2 Å². The first-order valence-corrected chi connectivity index (χ1v) is 5.31. The number of Topliss-reactive ketones (excluding diaryl/α,β-unsaturated/α-hetero) is 1. The van der Waals surface area contributed by atoms with E-state index in [0.717, 1.165) is 19.3 Å². The molecule has 5 heteroatoms. The average molecular weight is 212 g/mol. The third kappa shape index (κ3) is 3.20. The molecular weight excluding hydrogens is 192 g/mol. The number of likely N-dealkylation sites (N-methyl/N-ethyl adjacent to an activating group) is 1. The standard InChI is InChI=1S/C10H20N4O/c1-6(15)9(13-2)5-7-3-4-8(7)14-10(11)12/h7-9,13H,3-5H2,1-2H3,(H4,11,12,14). The Balaban J connectivity index is 2.45. The quantitative estimate of drug-likeness (QED) is 0.427. The summed E-state index contributed by atoms with van der Waals surface area (Å²) in [6.07, 6.45) is 2.96. The number of nitrogens with two attached hydrogens (primary N) is 2. The van der Waals surface area contributed by atoms with Gasteiger partial charge in [-0.05, 0) is 39.2 Å². The number of guanidine groups is 1. The molecule has 1 aliphatic carbocycles. The summed E-state index contributed by atoms with van der Waals surface area (Å²) in [4.78, 5) is 15.4. The van der Waals surface area contributed by atoms with Gasteiger partial charge in [0, 0.05) is 0 Å². The lowest BCUT2D eigenvalue weighted by Crippen LogP contribution is -2.41. The van der Waals surface area contributed by atoms with Crippen molar-refractivity contribution in [3.05, 3.63) is 0 Å². The number of nitrogens with one attached hydrogen (secondary N) is 1. The second kappa shape index (κ2) is 5.11. The van der Waals surface area contributed by atoms with E-state index in [1.807, 2.05) is 0 Å². The van der Waals surface area contributed by atoms with Crippen LogP contribution in [0.2, 0.25) is 0 Å². The first kappa shape index (κ1) is 12.0. The SMILES string of the molecule is CNC(CC1CCC1N=C(N)N)C(C)=O. The van der Waals surface area contributed by atoms with Gasteiger partial charge in [0.05, 0.1) is 12.1 Å². The van der Waals surface area contributed by atoms with E-state index in [1.54, 1.807) is 14.0 Å². The first-order chi connectivity index (χ1) is 7.04. The zero-order valence-corrected chi connectivity index (χ0v) is 9.36. The Kier molecular flexibility index (Phi) is 4.08. The lowest BCUT2D eigenvalue weighted by molar-refractivity contribution is -0.119. The van der Waals surface area contributed by atoms with Crippen molar-refractivity contribution in [2.24, 2.45) is 22.4 Å². The molecule has 1 rings (SSSR count). The molecule has 1 saturated carbocycles. The van der Waals surface area contributed by atoms with Gasteiger partial charge in [0.15, 0.2) is 5.96 Å². The van der Waals surface area contributed by atoms with Gasteiger partial charge in [0.25, 0.3) is 0 Å². The third-order valence-electron chi connectivity index (χ3n) is 3.07. The molecule has 0 heterocycles. The van der Waals surface area contributed by atoms with E-state index in [9.17, 15) is 4.79 Å². The molecule has 0 aliphatic heterocycles. The van der Waals surface area contributed by atoms with Gasteiger partial charge in [-0.2, -0.15) is 0 Å². The van der Waals surface area contributed by atoms with Crippen molar-refractivity contribution in [2.75, 3.05) is 7.05 Å². The molecule has 0 aromatic carbocycles. The molecule has 5 N–H and O–H groups in total. The van der Waals surface area contributed by atoms with Crippen molar-refractivity contribution in [3.8, 4) is 0 Å². The summed E-state index contributed by atoms with van der Waals surface area (Å²) in [6.45, 7) is 1.61. The summed E-state index contributed by atoms with van der Waals surface area (Å²) in [5.74, 6) is 0.759. The first-order valence-electron chi connectivity index (χ1n) is 5.31. The highest BCUT2D eigenvalue weighted by atomic mass is 16.1. The third-order valence-corrected chi connectivity index (χ3v) is 3.07. The number of nitrogens with zero attached hydrogens (tertiary/aromatic N) is 1. The minimum atomic E-state index is -0.0630. The summed E-state index contributed by atoms with van der Waals surface area (Å²) in [7, 11) is 1.81. The van der Waals surface area contributed by atoms with E-state index < -0.39 is 0 Å². The number of hydrogen-bond donors (Lipinski definition) is 3. The Morgan fingerprint density at radius 3 is 2.53 bits per heavy atom. The van der Waals surface area contributed by atoms with E-state index in [4.69, 9.17) is 11.5 Å². The van der Waals surface area contributed by atoms with E-state index in [-0.39, 0.29) is 23.8 Å². The number of carbonyl (C=O) groups is 1. The molecule has 15 heavy (non-hydrogen) atoms. The van der Waals surface area contributed by atoms with Crippen LogP contribution < -0.4 is 16.8 Å². The highest BCUT2D eigenvalue weighted by molar-refractivity contribution is 5.81. The minimum absolute atomic E-state index is 0.0630. The smallest absolute Gasteiger partial charge is 0.186 e. The van der Waals surface area contributed by atoms with E-state index in [1.165, 1.54) is 0 Å². The highest BCUT2D eigenvalue weighted by Gasteiger charge is 2.33. The Bertz CT molecular complexity index is 260. The molecule has 3 unspecified atom stereocenters. The van der Waals surface area contributed by atoms with Gasteiger partial charge in [-0.25, -0.2) is 0 Å². The lowest BCUT2D eigenvalue weighted by atomic mass is 9.75. The molecule has 1 aliphatic rings. The van der Waals surface area contributed by atoms with E-state index in [0.29, 0.717) is 5.92 Å². The monoisotopic (exact) mass is 212 g/mol. The van der Waals surface area contributed by atoms with Gasteiger partial charge < -0.3 is 16.8 Å². The van der Waals surface area contributed by atoms with Crippen molar-refractivity contribution < 1.29 is 4.79 Å². The summed E-state index contributed by atoms with van der Waals surface area (Å²) in [6, 6.07) is 0.150. The predicted molar refractivity (Wildman–Crippen MR) is 60.5 cm³/mol. The molecule has 0 saturated heterocycles. The zero-order valence-electron chi connectivity index (χ0n) is 9.36. The maximum atomic E-state index is 11.2. The van der Waals surface area contributed by atoms with Crippen LogP contribution in [0.4, 0.5) is 0 Å². The molecule has 0 spiro atoms. The topological polar surface area (TPSA) is 93.5 Å². The minimum Gasteiger partial charge on any atom is -0.370 e. The summed E-state index contributed by atoms with van der Waals surface area (Å²) in [5, 5.41) is 3.01. The summed E-state index contributed by atoms with van der Waals surface area (Å²) < 4.78 is 0. The normalized spacial score (nSPS) is 26.5. The lowest BCUT2D eigenvalue weighted by Gasteiger charge is -2.35. The number of carbonyl (C=O) groups excluding carboxylic acids is 1. The highest BCUT2D eigenvalue weighted by Crippen LogP contribution is 2.34. The maximum Gasteiger partial charge on any atom is 0.186 e. The molecule has 0 bridgehead atoms. The van der Waals surface area contributed by atoms with Crippen LogP contribution in [0.5, 0.6) is 0 Å². The van der Waals surface area contributed by atoms with Crippen LogP contribution in [0.25, 0.3) is 0 Å². The van der Waals surface area contributed by atoms with Gasteiger partial charge in [-0.3, -0.25) is 9.79 Å². The molecule has 86 valence electrons. The van der Waals surface area contributed by atoms with Crippen LogP contribution >= 0.6 is 0 Å².